The number of methoxy groups -OCH3 is 1. The molecule has 6 heteroatoms. The molecular formula is C25H25FO5. The highest BCUT2D eigenvalue weighted by Gasteiger charge is 2.52. The highest BCUT2D eigenvalue weighted by Crippen LogP contribution is 2.61. The third kappa shape index (κ3) is 3.48. The lowest BCUT2D eigenvalue weighted by atomic mass is 9.48. The minimum absolute atomic E-state index is 0.0325. The van der Waals surface area contributed by atoms with Gasteiger partial charge in [-0.3, -0.25) is 0 Å². The monoisotopic (exact) mass is 424 g/mol. The summed E-state index contributed by atoms with van der Waals surface area (Å²) in [5, 5.41) is 8.97. The maximum absolute atomic E-state index is 14.2. The van der Waals surface area contributed by atoms with E-state index < -0.39 is 17.8 Å². The van der Waals surface area contributed by atoms with Gasteiger partial charge in [-0.05, 0) is 98.1 Å². The van der Waals surface area contributed by atoms with E-state index in [0.29, 0.717) is 5.56 Å². The van der Waals surface area contributed by atoms with E-state index in [1.807, 2.05) is 6.07 Å². The van der Waals surface area contributed by atoms with Crippen molar-refractivity contribution in [1.82, 2.24) is 0 Å². The fraction of sp³-hybridized carbons (Fsp3) is 0.440. The smallest absolute Gasteiger partial charge is 0.343 e. The Bertz CT molecular complexity index is 1020. The zero-order chi connectivity index (χ0) is 21.8. The Balaban J connectivity index is 1.45. The second-order valence-electron chi connectivity index (χ2n) is 9.45. The van der Waals surface area contributed by atoms with Gasteiger partial charge in [0.25, 0.3) is 0 Å². The molecule has 4 aliphatic carbocycles. The minimum Gasteiger partial charge on any atom is -0.496 e. The highest BCUT2D eigenvalue weighted by molar-refractivity contribution is 5.92. The predicted octanol–water partition coefficient (Wildman–Crippen LogP) is 5.22. The molecule has 2 aromatic carbocycles. The van der Waals surface area contributed by atoms with Gasteiger partial charge in [0.1, 0.15) is 5.75 Å². The summed E-state index contributed by atoms with van der Waals surface area (Å²) in [6.07, 6.45) is 7.32. The lowest BCUT2D eigenvalue weighted by Gasteiger charge is -2.57. The maximum atomic E-state index is 14.2. The summed E-state index contributed by atoms with van der Waals surface area (Å²) >= 11 is 0. The van der Waals surface area contributed by atoms with Crippen molar-refractivity contribution in [1.29, 1.82) is 0 Å². The third-order valence-corrected chi connectivity index (χ3v) is 7.43. The van der Waals surface area contributed by atoms with Crippen molar-refractivity contribution in [2.45, 2.75) is 43.9 Å². The zero-order valence-electron chi connectivity index (χ0n) is 17.4. The number of ether oxygens (including phenoxy) is 2. The average Bonchev–Trinajstić information content (AvgIpc) is 2.73. The predicted molar refractivity (Wildman–Crippen MR) is 111 cm³/mol. The molecule has 0 spiro atoms. The van der Waals surface area contributed by atoms with Gasteiger partial charge in [0.05, 0.1) is 18.2 Å². The molecule has 4 aliphatic rings. The Morgan fingerprint density at radius 2 is 1.52 bits per heavy atom. The number of carbonyl (C=O) groups excluding carboxylic acids is 1. The second kappa shape index (κ2) is 7.36. The molecule has 6 rings (SSSR count). The molecule has 0 atom stereocenters. The van der Waals surface area contributed by atoms with E-state index in [4.69, 9.17) is 14.6 Å². The van der Waals surface area contributed by atoms with Gasteiger partial charge in [0.15, 0.2) is 11.6 Å². The van der Waals surface area contributed by atoms with Crippen molar-refractivity contribution in [3.05, 3.63) is 58.9 Å². The van der Waals surface area contributed by atoms with E-state index >= 15 is 0 Å². The first-order valence-corrected chi connectivity index (χ1v) is 10.8. The number of hydrogen-bond donors (Lipinski definition) is 1. The van der Waals surface area contributed by atoms with Gasteiger partial charge >= 0.3 is 11.9 Å². The fourth-order valence-corrected chi connectivity index (χ4v) is 6.57. The molecule has 0 aromatic heterocycles. The molecule has 0 saturated heterocycles. The van der Waals surface area contributed by atoms with Gasteiger partial charge in [-0.25, -0.2) is 14.0 Å². The maximum Gasteiger partial charge on any atom is 0.343 e. The normalized spacial score (nSPS) is 28.4. The van der Waals surface area contributed by atoms with E-state index in [9.17, 15) is 14.0 Å². The van der Waals surface area contributed by atoms with Crippen LogP contribution in [0, 0.1) is 23.6 Å². The van der Waals surface area contributed by atoms with Crippen LogP contribution in [0.1, 0.15) is 64.8 Å². The number of benzene rings is 2. The lowest BCUT2D eigenvalue weighted by molar-refractivity contribution is -0.00618. The fourth-order valence-electron chi connectivity index (χ4n) is 6.57. The number of carboxylic acid groups (broad SMARTS) is 1. The van der Waals surface area contributed by atoms with Crippen LogP contribution in [0.3, 0.4) is 0 Å². The van der Waals surface area contributed by atoms with Crippen LogP contribution < -0.4 is 9.47 Å². The second-order valence-corrected chi connectivity index (χ2v) is 9.45. The quantitative estimate of drug-likeness (QED) is 0.526. The number of esters is 1. The molecule has 31 heavy (non-hydrogen) atoms. The summed E-state index contributed by atoms with van der Waals surface area (Å²) in [5.41, 5.74) is 1.23. The Kier molecular flexibility index (Phi) is 4.76. The molecule has 4 bridgehead atoms. The number of carbonyl (C=O) groups is 2. The number of carboxylic acids is 1. The first-order valence-electron chi connectivity index (χ1n) is 10.8. The first kappa shape index (κ1) is 20.0. The highest BCUT2D eigenvalue weighted by atomic mass is 19.1. The Hall–Kier alpha value is -2.89. The SMILES string of the molecule is COc1ccc(C(=O)Oc2ccc(C(=O)O)cc2F)cc1C12CC3CC(CC(C3)C1)C2. The van der Waals surface area contributed by atoms with Gasteiger partial charge in [0, 0.05) is 5.56 Å². The van der Waals surface area contributed by atoms with Crippen LogP contribution in [0.25, 0.3) is 0 Å². The van der Waals surface area contributed by atoms with Crippen LogP contribution in [-0.4, -0.2) is 24.2 Å². The largest absolute Gasteiger partial charge is 0.496 e. The molecule has 1 N–H and O–H groups in total. The van der Waals surface area contributed by atoms with Crippen LogP contribution in [0.15, 0.2) is 36.4 Å². The lowest BCUT2D eigenvalue weighted by Crippen LogP contribution is -2.48. The minimum atomic E-state index is -1.24. The van der Waals surface area contributed by atoms with Crippen LogP contribution in [0.4, 0.5) is 4.39 Å². The van der Waals surface area contributed by atoms with E-state index in [0.717, 1.165) is 54.4 Å². The molecule has 0 heterocycles. The van der Waals surface area contributed by atoms with Crippen LogP contribution in [0.5, 0.6) is 11.5 Å². The summed E-state index contributed by atoms with van der Waals surface area (Å²) in [6.45, 7) is 0. The van der Waals surface area contributed by atoms with Crippen LogP contribution in [0.2, 0.25) is 0 Å². The van der Waals surface area contributed by atoms with Crippen LogP contribution in [-0.2, 0) is 5.41 Å². The topological polar surface area (TPSA) is 72.8 Å². The van der Waals surface area contributed by atoms with Crippen LogP contribution >= 0.6 is 0 Å². The number of rotatable bonds is 5. The summed E-state index contributed by atoms with van der Waals surface area (Å²) < 4.78 is 25.2. The Morgan fingerprint density at radius 1 is 0.935 bits per heavy atom. The van der Waals surface area contributed by atoms with Gasteiger partial charge in [-0.1, -0.05) is 0 Å². The van der Waals surface area contributed by atoms with Gasteiger partial charge in [0.2, 0.25) is 0 Å². The molecule has 2 aromatic rings. The van der Waals surface area contributed by atoms with E-state index in [-0.39, 0.29) is 16.7 Å². The van der Waals surface area contributed by atoms with E-state index in [1.165, 1.54) is 31.4 Å². The average molecular weight is 424 g/mol. The Labute approximate surface area is 180 Å². The van der Waals surface area contributed by atoms with Crippen molar-refractivity contribution < 1.29 is 28.6 Å². The van der Waals surface area contributed by atoms with Gasteiger partial charge in [-0.2, -0.15) is 0 Å². The number of aromatic carboxylic acids is 1. The molecule has 4 fully saturated rings. The number of halogens is 1. The zero-order valence-corrected chi connectivity index (χ0v) is 17.4. The van der Waals surface area contributed by atoms with Crippen molar-refractivity contribution >= 4 is 11.9 Å². The van der Waals surface area contributed by atoms with Crippen molar-refractivity contribution in [2.24, 2.45) is 17.8 Å². The van der Waals surface area contributed by atoms with Crippen molar-refractivity contribution in [3.63, 3.8) is 0 Å². The summed E-state index contributed by atoms with van der Waals surface area (Å²) in [4.78, 5) is 23.8. The van der Waals surface area contributed by atoms with Gasteiger partial charge < -0.3 is 14.6 Å². The summed E-state index contributed by atoms with van der Waals surface area (Å²) in [7, 11) is 1.65. The molecule has 0 unspecified atom stereocenters. The van der Waals surface area contributed by atoms with E-state index in [1.54, 1.807) is 19.2 Å². The van der Waals surface area contributed by atoms with Crippen molar-refractivity contribution in [3.8, 4) is 11.5 Å². The standard InChI is InChI=1S/C25H25FO5/c1-30-21-4-3-18(24(29)31-22-5-2-17(23(27)28)10-20(22)26)9-19(21)25-11-14-6-15(12-25)8-16(7-14)13-25/h2-5,9-10,14-16H,6-8,11-13H2,1H3,(H,27,28). The molecule has 0 radical (unpaired) electrons. The van der Waals surface area contributed by atoms with Gasteiger partial charge in [-0.15, -0.1) is 0 Å². The first-order chi connectivity index (χ1) is 14.9. The van der Waals surface area contributed by atoms with E-state index in [2.05, 4.69) is 0 Å². The Morgan fingerprint density at radius 3 is 2.06 bits per heavy atom. The third-order valence-electron chi connectivity index (χ3n) is 7.43. The number of hydrogen-bond acceptors (Lipinski definition) is 4. The molecular weight excluding hydrogens is 399 g/mol. The molecule has 162 valence electrons. The molecule has 0 aliphatic heterocycles. The van der Waals surface area contributed by atoms with Crippen molar-refractivity contribution in [2.75, 3.05) is 7.11 Å². The molecule has 4 saturated carbocycles. The summed E-state index contributed by atoms with van der Waals surface area (Å²) in [6, 6.07) is 8.52. The molecule has 5 nitrogen and oxygen atoms in total. The molecule has 0 amide bonds. The summed E-state index contributed by atoms with van der Waals surface area (Å²) in [5.74, 6) is -0.0706.